The van der Waals surface area contributed by atoms with Crippen molar-refractivity contribution >= 4 is 5.97 Å². The van der Waals surface area contributed by atoms with E-state index in [0.29, 0.717) is 12.3 Å². The summed E-state index contributed by atoms with van der Waals surface area (Å²) >= 11 is 0. The van der Waals surface area contributed by atoms with Gasteiger partial charge in [0.15, 0.2) is 0 Å². The highest BCUT2D eigenvalue weighted by Gasteiger charge is 2.21. The summed E-state index contributed by atoms with van der Waals surface area (Å²) < 4.78 is 0. The SMILES string of the molecule is Cc1ncc(CCC(=O)O)c(C2CCCC2)n1. The molecule has 4 heteroatoms. The minimum atomic E-state index is -0.761. The first-order valence-electron chi connectivity index (χ1n) is 6.21. The van der Waals surface area contributed by atoms with Crippen LogP contribution in [0.1, 0.15) is 55.1 Å². The third-order valence-electron chi connectivity index (χ3n) is 3.37. The lowest BCUT2D eigenvalue weighted by atomic mass is 9.97. The zero-order valence-corrected chi connectivity index (χ0v) is 10.1. The van der Waals surface area contributed by atoms with Crippen molar-refractivity contribution in [3.63, 3.8) is 0 Å². The van der Waals surface area contributed by atoms with Crippen LogP contribution < -0.4 is 0 Å². The lowest BCUT2D eigenvalue weighted by Crippen LogP contribution is -2.07. The first kappa shape index (κ1) is 12.0. The van der Waals surface area contributed by atoms with Crippen molar-refractivity contribution in [2.24, 2.45) is 0 Å². The largest absolute Gasteiger partial charge is 0.481 e. The first-order chi connectivity index (χ1) is 8.16. The van der Waals surface area contributed by atoms with Crippen LogP contribution in [0.4, 0.5) is 0 Å². The van der Waals surface area contributed by atoms with Gasteiger partial charge in [-0.05, 0) is 31.7 Å². The van der Waals surface area contributed by atoms with Crippen LogP contribution in [0.3, 0.4) is 0 Å². The number of rotatable bonds is 4. The van der Waals surface area contributed by atoms with Crippen LogP contribution in [0.15, 0.2) is 6.20 Å². The molecule has 17 heavy (non-hydrogen) atoms. The van der Waals surface area contributed by atoms with Crippen LogP contribution in [-0.4, -0.2) is 21.0 Å². The normalized spacial score (nSPS) is 16.3. The number of hydrogen-bond acceptors (Lipinski definition) is 3. The zero-order valence-electron chi connectivity index (χ0n) is 10.1. The van der Waals surface area contributed by atoms with Crippen LogP contribution in [0, 0.1) is 6.92 Å². The van der Waals surface area contributed by atoms with Crippen molar-refractivity contribution in [3.05, 3.63) is 23.3 Å². The van der Waals surface area contributed by atoms with E-state index in [1.165, 1.54) is 25.7 Å². The first-order valence-corrected chi connectivity index (χ1v) is 6.21. The van der Waals surface area contributed by atoms with Crippen LogP contribution in [0.25, 0.3) is 0 Å². The molecule has 0 unspecified atom stereocenters. The molecule has 0 bridgehead atoms. The molecule has 0 radical (unpaired) electrons. The Labute approximate surface area is 101 Å². The van der Waals surface area contributed by atoms with E-state index in [1.54, 1.807) is 6.20 Å². The van der Waals surface area contributed by atoms with Crippen molar-refractivity contribution in [2.75, 3.05) is 0 Å². The van der Waals surface area contributed by atoms with E-state index >= 15 is 0 Å². The molecule has 2 rings (SSSR count). The van der Waals surface area contributed by atoms with Gasteiger partial charge < -0.3 is 5.11 Å². The Morgan fingerprint density at radius 1 is 1.47 bits per heavy atom. The fourth-order valence-electron chi connectivity index (χ4n) is 2.50. The summed E-state index contributed by atoms with van der Waals surface area (Å²) in [5, 5.41) is 8.74. The number of hydrogen-bond donors (Lipinski definition) is 1. The predicted octanol–water partition coefficient (Wildman–Crippen LogP) is 2.46. The second-order valence-electron chi connectivity index (χ2n) is 4.70. The highest BCUT2D eigenvalue weighted by atomic mass is 16.4. The van der Waals surface area contributed by atoms with Gasteiger partial charge in [0.05, 0.1) is 5.69 Å². The van der Waals surface area contributed by atoms with Gasteiger partial charge in [-0.15, -0.1) is 0 Å². The molecule has 0 aromatic carbocycles. The number of nitrogens with zero attached hydrogens (tertiary/aromatic N) is 2. The molecule has 1 aliphatic rings. The molecule has 0 aliphatic heterocycles. The van der Waals surface area contributed by atoms with Gasteiger partial charge in [0.2, 0.25) is 0 Å². The van der Waals surface area contributed by atoms with Gasteiger partial charge in [-0.2, -0.15) is 0 Å². The van der Waals surface area contributed by atoms with Gasteiger partial charge in [0.25, 0.3) is 0 Å². The quantitative estimate of drug-likeness (QED) is 0.869. The number of aryl methyl sites for hydroxylation is 2. The highest BCUT2D eigenvalue weighted by Crippen LogP contribution is 2.34. The minimum Gasteiger partial charge on any atom is -0.481 e. The van der Waals surface area contributed by atoms with Crippen molar-refractivity contribution in [1.29, 1.82) is 0 Å². The Balaban J connectivity index is 2.20. The Morgan fingerprint density at radius 2 is 2.18 bits per heavy atom. The smallest absolute Gasteiger partial charge is 0.303 e. The molecule has 1 aromatic rings. The average molecular weight is 234 g/mol. The third-order valence-corrected chi connectivity index (χ3v) is 3.37. The maximum absolute atomic E-state index is 10.6. The summed E-state index contributed by atoms with van der Waals surface area (Å²) in [6.45, 7) is 1.89. The summed E-state index contributed by atoms with van der Waals surface area (Å²) in [4.78, 5) is 19.3. The Kier molecular flexibility index (Phi) is 3.71. The Bertz CT molecular complexity index is 412. The highest BCUT2D eigenvalue weighted by molar-refractivity contribution is 5.67. The third kappa shape index (κ3) is 3.02. The van der Waals surface area contributed by atoms with E-state index in [1.807, 2.05) is 6.92 Å². The number of aromatic nitrogens is 2. The predicted molar refractivity (Wildman–Crippen MR) is 63.9 cm³/mol. The van der Waals surface area contributed by atoms with Crippen LogP contribution >= 0.6 is 0 Å². The summed E-state index contributed by atoms with van der Waals surface area (Å²) in [7, 11) is 0. The summed E-state index contributed by atoms with van der Waals surface area (Å²) in [6.07, 6.45) is 7.37. The second-order valence-corrected chi connectivity index (χ2v) is 4.70. The minimum absolute atomic E-state index is 0.159. The van der Waals surface area contributed by atoms with Gasteiger partial charge in [0, 0.05) is 18.5 Å². The Morgan fingerprint density at radius 3 is 2.82 bits per heavy atom. The van der Waals surface area contributed by atoms with E-state index in [0.717, 1.165) is 17.1 Å². The molecule has 0 saturated heterocycles. The molecule has 1 aliphatic carbocycles. The van der Waals surface area contributed by atoms with E-state index in [9.17, 15) is 4.79 Å². The van der Waals surface area contributed by atoms with Gasteiger partial charge in [-0.1, -0.05) is 12.8 Å². The summed E-state index contributed by atoms with van der Waals surface area (Å²) in [5.74, 6) is 0.536. The van der Waals surface area contributed by atoms with Crippen molar-refractivity contribution in [1.82, 2.24) is 9.97 Å². The molecule has 92 valence electrons. The average Bonchev–Trinajstić information content (AvgIpc) is 2.80. The molecule has 0 amide bonds. The number of carboxylic acids is 1. The van der Waals surface area contributed by atoms with E-state index in [-0.39, 0.29) is 6.42 Å². The van der Waals surface area contributed by atoms with Crippen LogP contribution in [0.2, 0.25) is 0 Å². The van der Waals surface area contributed by atoms with E-state index in [4.69, 9.17) is 5.11 Å². The molecule has 1 heterocycles. The molecular formula is C13H18N2O2. The van der Waals surface area contributed by atoms with Gasteiger partial charge >= 0.3 is 5.97 Å². The molecule has 1 saturated carbocycles. The zero-order chi connectivity index (χ0) is 12.3. The van der Waals surface area contributed by atoms with Gasteiger partial charge in [-0.25, -0.2) is 9.97 Å². The lowest BCUT2D eigenvalue weighted by molar-refractivity contribution is -0.136. The maximum atomic E-state index is 10.6. The fraction of sp³-hybridized carbons (Fsp3) is 0.615. The monoisotopic (exact) mass is 234 g/mol. The lowest BCUT2D eigenvalue weighted by Gasteiger charge is -2.13. The second kappa shape index (κ2) is 5.25. The summed E-state index contributed by atoms with van der Waals surface area (Å²) in [6, 6.07) is 0. The molecule has 4 nitrogen and oxygen atoms in total. The standard InChI is InChI=1S/C13H18N2O2/c1-9-14-8-11(6-7-12(16)17)13(15-9)10-4-2-3-5-10/h8,10H,2-7H2,1H3,(H,16,17). The molecule has 1 fully saturated rings. The van der Waals surface area contributed by atoms with Crippen molar-refractivity contribution in [2.45, 2.75) is 51.4 Å². The van der Waals surface area contributed by atoms with Gasteiger partial charge in [-0.3, -0.25) is 4.79 Å². The van der Waals surface area contributed by atoms with Crippen molar-refractivity contribution in [3.8, 4) is 0 Å². The molecule has 1 N–H and O–H groups in total. The number of aliphatic carboxylic acids is 1. The maximum Gasteiger partial charge on any atom is 0.303 e. The molecule has 0 atom stereocenters. The van der Waals surface area contributed by atoms with E-state index < -0.39 is 5.97 Å². The molecule has 0 spiro atoms. The van der Waals surface area contributed by atoms with Crippen molar-refractivity contribution < 1.29 is 9.90 Å². The molecular weight excluding hydrogens is 216 g/mol. The number of carbonyl (C=O) groups is 1. The summed E-state index contributed by atoms with van der Waals surface area (Å²) in [5.41, 5.74) is 2.11. The number of carboxylic acid groups (broad SMARTS) is 1. The Hall–Kier alpha value is -1.45. The van der Waals surface area contributed by atoms with Crippen LogP contribution in [0.5, 0.6) is 0 Å². The van der Waals surface area contributed by atoms with Crippen LogP contribution in [-0.2, 0) is 11.2 Å². The molecule has 1 aromatic heterocycles. The van der Waals surface area contributed by atoms with E-state index in [2.05, 4.69) is 9.97 Å². The fourth-order valence-corrected chi connectivity index (χ4v) is 2.50. The topological polar surface area (TPSA) is 63.1 Å². The van der Waals surface area contributed by atoms with Gasteiger partial charge in [0.1, 0.15) is 5.82 Å².